The number of hydrogen-bond donors (Lipinski definition) is 0. The molecule has 2 heterocycles. The predicted molar refractivity (Wildman–Crippen MR) is 209 cm³/mol. The van der Waals surface area contributed by atoms with Gasteiger partial charge in [0.2, 0.25) is 0 Å². The molecule has 10 rings (SSSR count). The number of aromatic nitrogens is 3. The standard InChI is InChI=1S/C47H29N3O/c1-3-13-30(14-4-1)32-23-25-33(26-24-32)45-48-46(40-27-34-17-7-8-18-36(34)37-19-9-10-20-38(37)40)50-47(49-45)41-28-35(31-15-5-2-6-16-31)29-43-44(41)39-21-11-12-22-42(39)51-43/h1-29H. The van der Waals surface area contributed by atoms with E-state index in [1.807, 2.05) is 30.3 Å². The lowest BCUT2D eigenvalue weighted by molar-refractivity contribution is 0.669. The third-order valence-electron chi connectivity index (χ3n) is 9.72. The minimum absolute atomic E-state index is 0.591. The summed E-state index contributed by atoms with van der Waals surface area (Å²) in [4.78, 5) is 15.8. The molecule has 4 heteroatoms. The van der Waals surface area contributed by atoms with E-state index >= 15 is 0 Å². The number of fused-ring (bicyclic) bond motifs is 6. The van der Waals surface area contributed by atoms with Gasteiger partial charge >= 0.3 is 0 Å². The highest BCUT2D eigenvalue weighted by Gasteiger charge is 2.21. The third-order valence-corrected chi connectivity index (χ3v) is 9.72. The van der Waals surface area contributed by atoms with Gasteiger partial charge in [-0.3, -0.25) is 0 Å². The zero-order valence-electron chi connectivity index (χ0n) is 27.5. The Morgan fingerprint density at radius 3 is 1.59 bits per heavy atom. The molecule has 238 valence electrons. The summed E-state index contributed by atoms with van der Waals surface area (Å²) in [5.41, 5.74) is 8.81. The van der Waals surface area contributed by atoms with Crippen LogP contribution in [-0.2, 0) is 0 Å². The SMILES string of the molecule is c1ccc(-c2ccc(-c3nc(-c4cc5ccccc5c5ccccc45)nc(-c4cc(-c5ccccc5)cc5oc6ccccc6c45)n3)cc2)cc1. The van der Waals surface area contributed by atoms with Gasteiger partial charge in [-0.15, -0.1) is 0 Å². The van der Waals surface area contributed by atoms with E-state index in [0.29, 0.717) is 17.5 Å². The molecule has 0 bridgehead atoms. The molecule has 51 heavy (non-hydrogen) atoms. The van der Waals surface area contributed by atoms with Crippen LogP contribution in [0.3, 0.4) is 0 Å². The lowest BCUT2D eigenvalue weighted by Gasteiger charge is -2.13. The van der Waals surface area contributed by atoms with Gasteiger partial charge in [0.25, 0.3) is 0 Å². The molecule has 10 aromatic rings. The topological polar surface area (TPSA) is 51.8 Å². The van der Waals surface area contributed by atoms with Crippen LogP contribution in [0.2, 0.25) is 0 Å². The lowest BCUT2D eigenvalue weighted by atomic mass is 9.96. The minimum atomic E-state index is 0.591. The first kappa shape index (κ1) is 29.0. The van der Waals surface area contributed by atoms with Crippen molar-refractivity contribution in [2.24, 2.45) is 0 Å². The van der Waals surface area contributed by atoms with Gasteiger partial charge in [0.05, 0.1) is 0 Å². The Labute approximate surface area is 294 Å². The summed E-state index contributed by atoms with van der Waals surface area (Å²) in [5, 5.41) is 6.60. The fraction of sp³-hybridized carbons (Fsp3) is 0. The number of nitrogens with zero attached hydrogens (tertiary/aromatic N) is 3. The fourth-order valence-electron chi connectivity index (χ4n) is 7.26. The molecule has 0 N–H and O–H groups in total. The second kappa shape index (κ2) is 11.9. The van der Waals surface area contributed by atoms with E-state index < -0.39 is 0 Å². The molecule has 0 saturated carbocycles. The van der Waals surface area contributed by atoms with Crippen LogP contribution in [0, 0.1) is 0 Å². The van der Waals surface area contributed by atoms with E-state index in [1.165, 1.54) is 5.39 Å². The number of benzene rings is 8. The first-order valence-corrected chi connectivity index (χ1v) is 17.1. The summed E-state index contributed by atoms with van der Waals surface area (Å²) in [6.07, 6.45) is 0. The van der Waals surface area contributed by atoms with Gasteiger partial charge in [0.15, 0.2) is 17.5 Å². The summed E-state index contributed by atoms with van der Waals surface area (Å²) >= 11 is 0. The first-order chi connectivity index (χ1) is 25.3. The molecule has 0 aliphatic rings. The maximum atomic E-state index is 6.50. The number of furan rings is 1. The highest BCUT2D eigenvalue weighted by Crippen LogP contribution is 2.41. The van der Waals surface area contributed by atoms with E-state index in [1.54, 1.807) is 0 Å². The Bertz CT molecular complexity index is 2900. The molecular weight excluding hydrogens is 623 g/mol. The lowest BCUT2D eigenvalue weighted by Crippen LogP contribution is -2.01. The van der Waals surface area contributed by atoms with Gasteiger partial charge in [-0.2, -0.15) is 0 Å². The Morgan fingerprint density at radius 1 is 0.314 bits per heavy atom. The van der Waals surface area contributed by atoms with Crippen LogP contribution >= 0.6 is 0 Å². The van der Waals surface area contributed by atoms with Crippen molar-refractivity contribution >= 4 is 43.5 Å². The van der Waals surface area contributed by atoms with Crippen molar-refractivity contribution in [1.82, 2.24) is 15.0 Å². The van der Waals surface area contributed by atoms with Gasteiger partial charge < -0.3 is 4.42 Å². The molecule has 0 radical (unpaired) electrons. The van der Waals surface area contributed by atoms with Gasteiger partial charge in [-0.05, 0) is 68.1 Å². The summed E-state index contributed by atoms with van der Waals surface area (Å²) in [7, 11) is 0. The van der Waals surface area contributed by atoms with Crippen LogP contribution in [0.25, 0.3) is 99.9 Å². The Balaban J connectivity index is 1.27. The van der Waals surface area contributed by atoms with Crippen LogP contribution in [-0.4, -0.2) is 15.0 Å². The smallest absolute Gasteiger partial charge is 0.164 e. The average molecular weight is 652 g/mol. The molecule has 0 aliphatic carbocycles. The molecule has 0 atom stereocenters. The van der Waals surface area contributed by atoms with Crippen molar-refractivity contribution < 1.29 is 4.42 Å². The van der Waals surface area contributed by atoms with E-state index in [4.69, 9.17) is 19.4 Å². The van der Waals surface area contributed by atoms with Crippen molar-refractivity contribution in [3.63, 3.8) is 0 Å². The van der Waals surface area contributed by atoms with Crippen LogP contribution in [0.15, 0.2) is 180 Å². The normalized spacial score (nSPS) is 11.5. The van der Waals surface area contributed by atoms with E-state index in [-0.39, 0.29) is 0 Å². The summed E-state index contributed by atoms with van der Waals surface area (Å²) in [6.45, 7) is 0. The monoisotopic (exact) mass is 651 g/mol. The zero-order valence-corrected chi connectivity index (χ0v) is 27.5. The summed E-state index contributed by atoms with van der Waals surface area (Å²) in [6, 6.07) is 61.0. The molecule has 8 aromatic carbocycles. The van der Waals surface area contributed by atoms with Crippen molar-refractivity contribution in [1.29, 1.82) is 0 Å². The van der Waals surface area contributed by atoms with Gasteiger partial charge in [0, 0.05) is 27.5 Å². The van der Waals surface area contributed by atoms with Crippen molar-refractivity contribution in [2.75, 3.05) is 0 Å². The Morgan fingerprint density at radius 2 is 0.843 bits per heavy atom. The second-order valence-electron chi connectivity index (χ2n) is 12.8. The Kier molecular flexibility index (Phi) is 6.78. The van der Waals surface area contributed by atoms with E-state index in [2.05, 4.69) is 146 Å². The zero-order chi connectivity index (χ0) is 33.7. The van der Waals surface area contributed by atoms with E-state index in [0.717, 1.165) is 77.0 Å². The largest absolute Gasteiger partial charge is 0.456 e. The van der Waals surface area contributed by atoms with Crippen LogP contribution in [0.4, 0.5) is 0 Å². The average Bonchev–Trinajstić information content (AvgIpc) is 3.59. The molecule has 0 spiro atoms. The Hall–Kier alpha value is -6.91. The predicted octanol–water partition coefficient (Wildman–Crippen LogP) is 12.4. The van der Waals surface area contributed by atoms with Crippen molar-refractivity contribution in [3.8, 4) is 56.4 Å². The molecule has 0 fully saturated rings. The molecule has 0 amide bonds. The number of para-hydroxylation sites is 1. The van der Waals surface area contributed by atoms with Gasteiger partial charge in [-0.25, -0.2) is 15.0 Å². The molecule has 4 nitrogen and oxygen atoms in total. The van der Waals surface area contributed by atoms with Gasteiger partial charge in [0.1, 0.15) is 11.2 Å². The molecule has 0 unspecified atom stereocenters. The molecule has 0 saturated heterocycles. The second-order valence-corrected chi connectivity index (χ2v) is 12.8. The quantitative estimate of drug-likeness (QED) is 0.174. The highest BCUT2D eigenvalue weighted by atomic mass is 16.3. The molecule has 0 aliphatic heterocycles. The first-order valence-electron chi connectivity index (χ1n) is 17.1. The summed E-state index contributed by atoms with van der Waals surface area (Å²) in [5.74, 6) is 1.82. The van der Waals surface area contributed by atoms with Crippen LogP contribution in [0.5, 0.6) is 0 Å². The minimum Gasteiger partial charge on any atom is -0.456 e. The number of hydrogen-bond acceptors (Lipinski definition) is 4. The highest BCUT2D eigenvalue weighted by molar-refractivity contribution is 6.14. The van der Waals surface area contributed by atoms with Crippen molar-refractivity contribution in [2.45, 2.75) is 0 Å². The number of rotatable bonds is 5. The molecular formula is C47H29N3O. The van der Waals surface area contributed by atoms with Crippen molar-refractivity contribution in [3.05, 3.63) is 176 Å². The summed E-state index contributed by atoms with van der Waals surface area (Å²) < 4.78 is 6.50. The van der Waals surface area contributed by atoms with Crippen LogP contribution < -0.4 is 0 Å². The van der Waals surface area contributed by atoms with E-state index in [9.17, 15) is 0 Å². The molecule has 2 aromatic heterocycles. The third kappa shape index (κ3) is 5.04. The maximum absolute atomic E-state index is 6.50. The maximum Gasteiger partial charge on any atom is 0.164 e. The fourth-order valence-corrected chi connectivity index (χ4v) is 7.26. The van der Waals surface area contributed by atoms with Gasteiger partial charge in [-0.1, -0.05) is 152 Å². The van der Waals surface area contributed by atoms with Crippen LogP contribution in [0.1, 0.15) is 0 Å².